The summed E-state index contributed by atoms with van der Waals surface area (Å²) in [5, 5.41) is 2.74. The number of rotatable bonds is 13. The van der Waals surface area contributed by atoms with Crippen LogP contribution in [0.1, 0.15) is 26.2 Å². The second kappa shape index (κ2) is 12.1. The summed E-state index contributed by atoms with van der Waals surface area (Å²) >= 11 is 0. The van der Waals surface area contributed by atoms with Crippen molar-refractivity contribution in [1.82, 2.24) is 10.0 Å². The Morgan fingerprint density at radius 2 is 1.57 bits per heavy atom. The Bertz CT molecular complexity index is 887. The van der Waals surface area contributed by atoms with Crippen LogP contribution in [0.15, 0.2) is 53.4 Å². The maximum absolute atomic E-state index is 12.8. The van der Waals surface area contributed by atoms with Crippen LogP contribution in [0.2, 0.25) is 0 Å². The third-order valence-electron chi connectivity index (χ3n) is 4.06. The first-order valence-corrected chi connectivity index (χ1v) is 11.3. The zero-order chi connectivity index (χ0) is 21.8. The summed E-state index contributed by atoms with van der Waals surface area (Å²) in [4.78, 5) is 12.0. The maximum Gasteiger partial charge on any atom is 0.240 e. The second-order valence-corrected chi connectivity index (χ2v) is 8.18. The van der Waals surface area contributed by atoms with Crippen molar-refractivity contribution < 1.29 is 27.1 Å². The van der Waals surface area contributed by atoms with Gasteiger partial charge in [0, 0.05) is 19.5 Å². The highest BCUT2D eigenvalue weighted by Gasteiger charge is 2.14. The standard InChI is InChI=1S/C21H27FN2O5S/c1-2-28-18-9-11-20(12-10-18)30(26,27)24-15-13-21(25)23-14-3-4-16-29-19-7-5-17(22)6-8-19/h5-12,24H,2-4,13-16H2,1H3,(H,23,25). The van der Waals surface area contributed by atoms with Gasteiger partial charge in [0.1, 0.15) is 17.3 Å². The van der Waals surface area contributed by atoms with E-state index in [0.717, 1.165) is 6.42 Å². The lowest BCUT2D eigenvalue weighted by Crippen LogP contribution is -2.31. The van der Waals surface area contributed by atoms with Gasteiger partial charge in [-0.2, -0.15) is 0 Å². The van der Waals surface area contributed by atoms with E-state index >= 15 is 0 Å². The van der Waals surface area contributed by atoms with Gasteiger partial charge in [-0.15, -0.1) is 0 Å². The summed E-state index contributed by atoms with van der Waals surface area (Å²) in [5.41, 5.74) is 0. The van der Waals surface area contributed by atoms with E-state index in [0.29, 0.717) is 37.7 Å². The molecule has 0 radical (unpaired) electrons. The molecule has 0 saturated heterocycles. The first-order chi connectivity index (χ1) is 14.4. The molecule has 2 aromatic rings. The Hall–Kier alpha value is -2.65. The lowest BCUT2D eigenvalue weighted by atomic mass is 10.3. The van der Waals surface area contributed by atoms with E-state index in [2.05, 4.69) is 10.0 Å². The summed E-state index contributed by atoms with van der Waals surface area (Å²) in [6.07, 6.45) is 1.48. The van der Waals surface area contributed by atoms with Crippen molar-refractivity contribution in [3.63, 3.8) is 0 Å². The topological polar surface area (TPSA) is 93.7 Å². The SMILES string of the molecule is CCOc1ccc(S(=O)(=O)NCCC(=O)NCCCCOc2ccc(F)cc2)cc1. The van der Waals surface area contributed by atoms with Gasteiger partial charge in [-0.25, -0.2) is 17.5 Å². The molecular formula is C21H27FN2O5S. The summed E-state index contributed by atoms with van der Waals surface area (Å²) in [6, 6.07) is 11.9. The number of nitrogens with one attached hydrogen (secondary N) is 2. The summed E-state index contributed by atoms with van der Waals surface area (Å²) in [6.45, 7) is 3.29. The average Bonchev–Trinajstić information content (AvgIpc) is 2.72. The van der Waals surface area contributed by atoms with Crippen molar-refractivity contribution in [1.29, 1.82) is 0 Å². The highest BCUT2D eigenvalue weighted by molar-refractivity contribution is 7.89. The first-order valence-electron chi connectivity index (χ1n) is 9.78. The molecule has 0 heterocycles. The van der Waals surface area contributed by atoms with Crippen molar-refractivity contribution >= 4 is 15.9 Å². The average molecular weight is 439 g/mol. The van der Waals surface area contributed by atoms with E-state index in [9.17, 15) is 17.6 Å². The Morgan fingerprint density at radius 1 is 0.933 bits per heavy atom. The molecule has 1 amide bonds. The van der Waals surface area contributed by atoms with Gasteiger partial charge in [-0.05, 0) is 68.3 Å². The lowest BCUT2D eigenvalue weighted by molar-refractivity contribution is -0.120. The predicted molar refractivity (Wildman–Crippen MR) is 112 cm³/mol. The molecule has 7 nitrogen and oxygen atoms in total. The molecule has 2 rings (SSSR count). The third-order valence-corrected chi connectivity index (χ3v) is 5.54. The van der Waals surface area contributed by atoms with Gasteiger partial charge < -0.3 is 14.8 Å². The maximum atomic E-state index is 12.8. The molecule has 0 aliphatic carbocycles. The number of hydrogen-bond acceptors (Lipinski definition) is 5. The summed E-state index contributed by atoms with van der Waals surface area (Å²) in [7, 11) is -3.67. The fourth-order valence-corrected chi connectivity index (χ4v) is 3.56. The number of halogens is 1. The van der Waals surface area contributed by atoms with E-state index in [1.807, 2.05) is 6.92 Å². The minimum atomic E-state index is -3.67. The van der Waals surface area contributed by atoms with Crippen LogP contribution in [-0.2, 0) is 14.8 Å². The van der Waals surface area contributed by atoms with E-state index in [-0.39, 0.29) is 29.6 Å². The van der Waals surface area contributed by atoms with Crippen LogP contribution in [0, 0.1) is 5.82 Å². The zero-order valence-corrected chi connectivity index (χ0v) is 17.7. The van der Waals surface area contributed by atoms with Crippen molar-refractivity contribution in [2.24, 2.45) is 0 Å². The molecule has 0 aromatic heterocycles. The molecule has 0 saturated carbocycles. The molecule has 0 spiro atoms. The van der Waals surface area contributed by atoms with Gasteiger partial charge in [0.25, 0.3) is 0 Å². The molecule has 0 fully saturated rings. The molecule has 0 aliphatic heterocycles. The Kier molecular flexibility index (Phi) is 9.56. The number of ether oxygens (including phenoxy) is 2. The molecule has 0 aliphatic rings. The molecular weight excluding hydrogens is 411 g/mol. The molecule has 2 N–H and O–H groups in total. The normalized spacial score (nSPS) is 11.1. The van der Waals surface area contributed by atoms with Crippen molar-refractivity contribution in [3.05, 3.63) is 54.3 Å². The summed E-state index contributed by atoms with van der Waals surface area (Å²) in [5.74, 6) is 0.648. The van der Waals surface area contributed by atoms with E-state index < -0.39 is 10.0 Å². The van der Waals surface area contributed by atoms with E-state index in [1.54, 1.807) is 24.3 Å². The van der Waals surface area contributed by atoms with Crippen LogP contribution in [0.4, 0.5) is 4.39 Å². The smallest absolute Gasteiger partial charge is 0.240 e. The van der Waals surface area contributed by atoms with Gasteiger partial charge >= 0.3 is 0 Å². The number of carbonyl (C=O) groups is 1. The largest absolute Gasteiger partial charge is 0.494 e. The van der Waals surface area contributed by atoms with Crippen LogP contribution < -0.4 is 19.5 Å². The molecule has 30 heavy (non-hydrogen) atoms. The fraction of sp³-hybridized carbons (Fsp3) is 0.381. The molecule has 2 aromatic carbocycles. The molecule has 0 unspecified atom stereocenters. The van der Waals surface area contributed by atoms with Crippen LogP contribution in [0.25, 0.3) is 0 Å². The lowest BCUT2D eigenvalue weighted by Gasteiger charge is -2.09. The Balaban J connectivity index is 1.58. The van der Waals surface area contributed by atoms with Crippen LogP contribution in [0.5, 0.6) is 11.5 Å². The van der Waals surface area contributed by atoms with Gasteiger partial charge in [0.15, 0.2) is 0 Å². The first kappa shape index (κ1) is 23.6. The minimum Gasteiger partial charge on any atom is -0.494 e. The van der Waals surface area contributed by atoms with Crippen LogP contribution >= 0.6 is 0 Å². The van der Waals surface area contributed by atoms with E-state index in [4.69, 9.17) is 9.47 Å². The Labute approximate surface area is 176 Å². The zero-order valence-electron chi connectivity index (χ0n) is 16.9. The molecule has 164 valence electrons. The van der Waals surface area contributed by atoms with Crippen molar-refractivity contribution in [3.8, 4) is 11.5 Å². The van der Waals surface area contributed by atoms with Gasteiger partial charge in [-0.3, -0.25) is 4.79 Å². The molecule has 0 atom stereocenters. The van der Waals surface area contributed by atoms with Crippen LogP contribution in [0.3, 0.4) is 0 Å². The highest BCUT2D eigenvalue weighted by atomic mass is 32.2. The number of amides is 1. The van der Waals surface area contributed by atoms with Crippen LogP contribution in [-0.4, -0.2) is 40.6 Å². The minimum absolute atomic E-state index is 0.00898. The number of benzene rings is 2. The van der Waals surface area contributed by atoms with Crippen molar-refractivity contribution in [2.75, 3.05) is 26.3 Å². The number of unbranched alkanes of at least 4 members (excludes halogenated alkanes) is 1. The second-order valence-electron chi connectivity index (χ2n) is 6.41. The number of carbonyl (C=O) groups excluding carboxylic acids is 1. The third kappa shape index (κ3) is 8.38. The molecule has 9 heteroatoms. The monoisotopic (exact) mass is 438 g/mol. The van der Waals surface area contributed by atoms with Gasteiger partial charge in [0.2, 0.25) is 15.9 Å². The number of hydrogen-bond donors (Lipinski definition) is 2. The molecule has 0 bridgehead atoms. The Morgan fingerprint density at radius 3 is 2.23 bits per heavy atom. The van der Waals surface area contributed by atoms with Crippen molar-refractivity contribution in [2.45, 2.75) is 31.1 Å². The predicted octanol–water partition coefficient (Wildman–Crippen LogP) is 2.87. The highest BCUT2D eigenvalue weighted by Crippen LogP contribution is 2.15. The fourth-order valence-electron chi connectivity index (χ4n) is 2.53. The summed E-state index contributed by atoms with van der Waals surface area (Å²) < 4.78 is 50.4. The van der Waals surface area contributed by atoms with Gasteiger partial charge in [-0.1, -0.05) is 0 Å². The number of sulfonamides is 1. The van der Waals surface area contributed by atoms with E-state index in [1.165, 1.54) is 24.3 Å². The van der Waals surface area contributed by atoms with Gasteiger partial charge in [0.05, 0.1) is 18.1 Å². The quantitative estimate of drug-likeness (QED) is 0.469.